The average molecular weight is 338 g/mol. The molecule has 2 rings (SSSR count). The Hall–Kier alpha value is -1.59. The summed E-state index contributed by atoms with van der Waals surface area (Å²) in [5.41, 5.74) is 0.845. The van der Waals surface area contributed by atoms with Gasteiger partial charge in [-0.3, -0.25) is 14.5 Å². The van der Waals surface area contributed by atoms with E-state index in [1.807, 2.05) is 30.9 Å². The third-order valence-corrected chi connectivity index (χ3v) is 4.29. The van der Waals surface area contributed by atoms with Gasteiger partial charge in [-0.05, 0) is 44.4 Å². The molecule has 23 heavy (non-hydrogen) atoms. The van der Waals surface area contributed by atoms with Gasteiger partial charge in [0.05, 0.1) is 6.04 Å². The molecule has 1 aliphatic heterocycles. The van der Waals surface area contributed by atoms with Crippen molar-refractivity contribution in [2.75, 3.05) is 13.6 Å². The van der Waals surface area contributed by atoms with Gasteiger partial charge < -0.3 is 10.6 Å². The minimum atomic E-state index is -0.484. The predicted octanol–water partition coefficient (Wildman–Crippen LogP) is 2.12. The van der Waals surface area contributed by atoms with Crippen molar-refractivity contribution in [1.82, 2.24) is 15.5 Å². The molecule has 2 amide bonds. The van der Waals surface area contributed by atoms with E-state index in [9.17, 15) is 9.59 Å². The third kappa shape index (κ3) is 4.24. The summed E-state index contributed by atoms with van der Waals surface area (Å²) >= 11 is 5.95. The lowest BCUT2D eigenvalue weighted by Gasteiger charge is -2.31. The number of benzene rings is 1. The van der Waals surface area contributed by atoms with Crippen LogP contribution in [0, 0.1) is 0 Å². The van der Waals surface area contributed by atoms with Gasteiger partial charge in [0.1, 0.15) is 6.04 Å². The summed E-state index contributed by atoms with van der Waals surface area (Å²) in [5.74, 6) is -0.128. The Bertz CT molecular complexity index is 559. The predicted molar refractivity (Wildman–Crippen MR) is 91.3 cm³/mol. The van der Waals surface area contributed by atoms with Crippen molar-refractivity contribution >= 4 is 23.4 Å². The quantitative estimate of drug-likeness (QED) is 0.865. The van der Waals surface area contributed by atoms with Crippen LogP contribution in [0.1, 0.15) is 38.3 Å². The number of likely N-dealkylation sites (N-methyl/N-ethyl adjacent to an activating group) is 1. The molecule has 6 heteroatoms. The molecule has 2 N–H and O–H groups in total. The molecule has 0 radical (unpaired) electrons. The molecule has 1 aromatic rings. The lowest BCUT2D eigenvalue weighted by atomic mass is 10.0. The van der Waals surface area contributed by atoms with Crippen LogP contribution in [0.3, 0.4) is 0 Å². The van der Waals surface area contributed by atoms with E-state index < -0.39 is 6.04 Å². The van der Waals surface area contributed by atoms with E-state index in [2.05, 4.69) is 10.6 Å². The molecule has 1 fully saturated rings. The summed E-state index contributed by atoms with van der Waals surface area (Å²) in [4.78, 5) is 26.9. The molecule has 2 atom stereocenters. The molecule has 0 aromatic heterocycles. The minimum absolute atomic E-state index is 0.0135. The van der Waals surface area contributed by atoms with Crippen molar-refractivity contribution in [2.24, 2.45) is 0 Å². The van der Waals surface area contributed by atoms with Gasteiger partial charge in [0.15, 0.2) is 0 Å². The second-order valence-corrected chi connectivity index (χ2v) is 6.56. The Morgan fingerprint density at radius 1 is 1.26 bits per heavy atom. The number of nitrogens with one attached hydrogen (secondary N) is 2. The van der Waals surface area contributed by atoms with E-state index in [0.29, 0.717) is 5.02 Å². The largest absolute Gasteiger partial charge is 0.358 e. The lowest BCUT2D eigenvalue weighted by molar-refractivity contribution is -0.131. The molecule has 1 saturated heterocycles. The lowest BCUT2D eigenvalue weighted by Crippen LogP contribution is -2.49. The van der Waals surface area contributed by atoms with E-state index in [0.717, 1.165) is 24.9 Å². The Morgan fingerprint density at radius 2 is 1.91 bits per heavy atom. The van der Waals surface area contributed by atoms with Crippen molar-refractivity contribution in [2.45, 2.75) is 44.8 Å². The first-order valence-corrected chi connectivity index (χ1v) is 8.35. The summed E-state index contributed by atoms with van der Waals surface area (Å²) < 4.78 is 0. The summed E-state index contributed by atoms with van der Waals surface area (Å²) in [5, 5.41) is 6.29. The molecule has 1 aromatic carbocycles. The third-order valence-electron chi connectivity index (χ3n) is 4.04. The molecular formula is C17H24ClN3O2. The second kappa shape index (κ2) is 7.79. The van der Waals surface area contributed by atoms with E-state index in [1.54, 1.807) is 19.2 Å². The SMILES string of the molecule is CNC(=O)[C@@H](c1ccc(Cl)cc1)N1CCC[C@H]1C(=O)NC(C)C. The highest BCUT2D eigenvalue weighted by Crippen LogP contribution is 2.30. The number of carbonyl (C=O) groups is 2. The maximum absolute atomic E-state index is 12.5. The van der Waals surface area contributed by atoms with Crippen LogP contribution in [-0.2, 0) is 9.59 Å². The molecule has 0 aliphatic carbocycles. The van der Waals surface area contributed by atoms with E-state index in [4.69, 9.17) is 11.6 Å². The smallest absolute Gasteiger partial charge is 0.241 e. The molecular weight excluding hydrogens is 314 g/mol. The number of nitrogens with zero attached hydrogens (tertiary/aromatic N) is 1. The van der Waals surface area contributed by atoms with Crippen LogP contribution in [0.2, 0.25) is 5.02 Å². The van der Waals surface area contributed by atoms with Crippen LogP contribution in [0.4, 0.5) is 0 Å². The molecule has 0 unspecified atom stereocenters. The number of rotatable bonds is 5. The number of amides is 2. The van der Waals surface area contributed by atoms with Gasteiger partial charge in [-0.2, -0.15) is 0 Å². The van der Waals surface area contributed by atoms with Gasteiger partial charge in [0, 0.05) is 24.7 Å². The topological polar surface area (TPSA) is 61.4 Å². The number of halogens is 1. The fraction of sp³-hybridized carbons (Fsp3) is 0.529. The number of hydrogen-bond donors (Lipinski definition) is 2. The van der Waals surface area contributed by atoms with Crippen LogP contribution < -0.4 is 10.6 Å². The van der Waals surface area contributed by atoms with Crippen LogP contribution in [0.25, 0.3) is 0 Å². The van der Waals surface area contributed by atoms with Crippen molar-refractivity contribution in [3.05, 3.63) is 34.9 Å². The molecule has 0 spiro atoms. The maximum Gasteiger partial charge on any atom is 0.241 e. The first kappa shape index (κ1) is 17.8. The molecule has 0 bridgehead atoms. The van der Waals surface area contributed by atoms with Gasteiger partial charge in [-0.15, -0.1) is 0 Å². The zero-order valence-electron chi connectivity index (χ0n) is 13.8. The second-order valence-electron chi connectivity index (χ2n) is 6.13. The van der Waals surface area contributed by atoms with Crippen molar-refractivity contribution in [3.63, 3.8) is 0 Å². The van der Waals surface area contributed by atoms with E-state index >= 15 is 0 Å². The monoisotopic (exact) mass is 337 g/mol. The fourth-order valence-corrected chi connectivity index (χ4v) is 3.16. The zero-order valence-corrected chi connectivity index (χ0v) is 14.6. The standard InChI is InChI=1S/C17H24ClN3O2/c1-11(2)20-16(22)14-5-4-10-21(14)15(17(23)19-3)12-6-8-13(18)9-7-12/h6-9,11,14-15H,4-5,10H2,1-3H3,(H,19,23)(H,20,22)/t14-,15+/m0/s1. The van der Waals surface area contributed by atoms with Crippen molar-refractivity contribution < 1.29 is 9.59 Å². The highest BCUT2D eigenvalue weighted by atomic mass is 35.5. The maximum atomic E-state index is 12.5. The van der Waals surface area contributed by atoms with Gasteiger partial charge in [0.25, 0.3) is 0 Å². The summed E-state index contributed by atoms with van der Waals surface area (Å²) in [6, 6.07) is 6.55. The number of hydrogen-bond acceptors (Lipinski definition) is 3. The number of likely N-dealkylation sites (tertiary alicyclic amines) is 1. The Labute approximate surface area is 142 Å². The fourth-order valence-electron chi connectivity index (χ4n) is 3.04. The van der Waals surface area contributed by atoms with Crippen LogP contribution in [0.5, 0.6) is 0 Å². The van der Waals surface area contributed by atoms with Gasteiger partial charge in [-0.25, -0.2) is 0 Å². The van der Waals surface area contributed by atoms with E-state index in [-0.39, 0.29) is 23.9 Å². The molecule has 5 nitrogen and oxygen atoms in total. The molecule has 0 saturated carbocycles. The highest BCUT2D eigenvalue weighted by molar-refractivity contribution is 6.30. The Balaban J connectivity index is 2.29. The van der Waals surface area contributed by atoms with Crippen LogP contribution in [0.15, 0.2) is 24.3 Å². The first-order valence-electron chi connectivity index (χ1n) is 7.97. The first-order chi connectivity index (χ1) is 10.9. The Morgan fingerprint density at radius 3 is 2.48 bits per heavy atom. The van der Waals surface area contributed by atoms with Crippen LogP contribution in [-0.4, -0.2) is 42.4 Å². The zero-order chi connectivity index (χ0) is 17.0. The van der Waals surface area contributed by atoms with Gasteiger partial charge in [-0.1, -0.05) is 23.7 Å². The molecule has 1 aliphatic rings. The summed E-state index contributed by atoms with van der Waals surface area (Å²) in [6.45, 7) is 4.59. The summed E-state index contributed by atoms with van der Waals surface area (Å²) in [7, 11) is 1.62. The summed E-state index contributed by atoms with van der Waals surface area (Å²) in [6.07, 6.45) is 1.66. The average Bonchev–Trinajstić information content (AvgIpc) is 2.98. The number of carbonyl (C=O) groups excluding carboxylic acids is 2. The minimum Gasteiger partial charge on any atom is -0.358 e. The molecule has 1 heterocycles. The molecule has 126 valence electrons. The van der Waals surface area contributed by atoms with Gasteiger partial charge in [0.2, 0.25) is 11.8 Å². The van der Waals surface area contributed by atoms with Gasteiger partial charge >= 0.3 is 0 Å². The highest BCUT2D eigenvalue weighted by Gasteiger charge is 2.39. The van der Waals surface area contributed by atoms with Crippen LogP contribution >= 0.6 is 11.6 Å². The normalized spacial score (nSPS) is 19.6. The van der Waals surface area contributed by atoms with Crippen molar-refractivity contribution in [3.8, 4) is 0 Å². The Kier molecular flexibility index (Phi) is 6.02. The van der Waals surface area contributed by atoms with Crippen molar-refractivity contribution in [1.29, 1.82) is 0 Å². The van der Waals surface area contributed by atoms with E-state index in [1.165, 1.54) is 0 Å².